The average molecular weight is 751 g/mol. The van der Waals surface area contributed by atoms with Gasteiger partial charge in [0.15, 0.2) is 11.6 Å². The monoisotopic (exact) mass is 750 g/mol. The number of aromatic nitrogens is 1. The lowest BCUT2D eigenvalue weighted by atomic mass is 9.90. The Bertz CT molecular complexity index is 2040. The number of hydrogen-bond acceptors (Lipinski definition) is 6. The smallest absolute Gasteiger partial charge is 0.410 e. The van der Waals surface area contributed by atoms with Crippen molar-refractivity contribution in [3.63, 3.8) is 0 Å². The van der Waals surface area contributed by atoms with E-state index in [0.717, 1.165) is 16.7 Å². The molecular formula is C41H49F3N4O6. The van der Waals surface area contributed by atoms with Crippen LogP contribution in [0.15, 0.2) is 35.1 Å². The fraction of sp³-hybridized carbons (Fsp3) is 0.463. The number of anilines is 1. The number of amides is 3. The van der Waals surface area contributed by atoms with Crippen molar-refractivity contribution < 1.29 is 37.0 Å². The van der Waals surface area contributed by atoms with Gasteiger partial charge in [0.25, 0.3) is 5.56 Å². The van der Waals surface area contributed by atoms with Gasteiger partial charge >= 0.3 is 6.09 Å². The van der Waals surface area contributed by atoms with Crippen LogP contribution in [0.3, 0.4) is 0 Å². The lowest BCUT2D eigenvalue weighted by Gasteiger charge is -2.32. The van der Waals surface area contributed by atoms with E-state index < -0.39 is 64.0 Å². The maximum atomic E-state index is 14.9. The summed E-state index contributed by atoms with van der Waals surface area (Å²) >= 11 is 0. The average Bonchev–Trinajstić information content (AvgIpc) is 3.34. The van der Waals surface area contributed by atoms with Crippen LogP contribution in [0.5, 0.6) is 5.75 Å². The van der Waals surface area contributed by atoms with Crippen molar-refractivity contribution in [1.29, 1.82) is 0 Å². The lowest BCUT2D eigenvalue weighted by molar-refractivity contribution is -0.130. The molecule has 4 rings (SSSR count). The zero-order valence-corrected chi connectivity index (χ0v) is 32.6. The number of halogens is 3. The fourth-order valence-electron chi connectivity index (χ4n) is 7.01. The van der Waals surface area contributed by atoms with Crippen molar-refractivity contribution in [3.05, 3.63) is 91.6 Å². The molecule has 1 N–H and O–H groups in total. The van der Waals surface area contributed by atoms with E-state index in [2.05, 4.69) is 11.2 Å². The summed E-state index contributed by atoms with van der Waals surface area (Å²) in [6.45, 7) is 14.5. The van der Waals surface area contributed by atoms with Crippen LogP contribution in [0.2, 0.25) is 0 Å². The topological polar surface area (TPSA) is 110 Å². The number of carbonyl (C=O) groups excluding carboxylic acids is 3. The third-order valence-corrected chi connectivity index (χ3v) is 9.54. The number of nitrogens with one attached hydrogen (secondary N) is 1. The van der Waals surface area contributed by atoms with Gasteiger partial charge in [0.05, 0.1) is 11.4 Å². The van der Waals surface area contributed by atoms with Crippen molar-refractivity contribution in [3.8, 4) is 18.1 Å². The molecule has 0 spiro atoms. The number of pyridine rings is 1. The maximum Gasteiger partial charge on any atom is 0.410 e. The summed E-state index contributed by atoms with van der Waals surface area (Å²) in [5.74, 6) is -1.73. The lowest BCUT2D eigenvalue weighted by Crippen LogP contribution is -2.56. The second-order valence-corrected chi connectivity index (χ2v) is 15.4. The van der Waals surface area contributed by atoms with E-state index >= 15 is 0 Å². The van der Waals surface area contributed by atoms with Gasteiger partial charge in [0, 0.05) is 50.5 Å². The van der Waals surface area contributed by atoms with Crippen LogP contribution in [0.25, 0.3) is 0 Å². The number of rotatable bonds is 11. The molecule has 3 amide bonds. The van der Waals surface area contributed by atoms with Gasteiger partial charge in [-0.05, 0) is 87.6 Å². The van der Waals surface area contributed by atoms with E-state index in [1.165, 1.54) is 34.5 Å². The van der Waals surface area contributed by atoms with Gasteiger partial charge in [-0.1, -0.05) is 26.7 Å². The highest BCUT2D eigenvalue weighted by Gasteiger charge is 2.43. The third-order valence-electron chi connectivity index (χ3n) is 9.54. The van der Waals surface area contributed by atoms with Gasteiger partial charge in [-0.2, -0.15) is 0 Å². The molecule has 1 aliphatic rings. The van der Waals surface area contributed by atoms with Crippen molar-refractivity contribution in [2.75, 3.05) is 25.1 Å². The van der Waals surface area contributed by atoms with E-state index in [9.17, 15) is 32.3 Å². The summed E-state index contributed by atoms with van der Waals surface area (Å²) in [5.41, 5.74) is 0.998. The number of aryl methyl sites for hydroxylation is 2. The van der Waals surface area contributed by atoms with E-state index in [4.69, 9.17) is 15.9 Å². The summed E-state index contributed by atoms with van der Waals surface area (Å²) in [4.78, 5) is 58.2. The molecule has 13 heteroatoms. The third kappa shape index (κ3) is 8.92. The van der Waals surface area contributed by atoms with Crippen molar-refractivity contribution >= 4 is 23.6 Å². The molecule has 0 saturated heterocycles. The van der Waals surface area contributed by atoms with Gasteiger partial charge in [-0.25, -0.2) is 18.0 Å². The minimum Gasteiger partial charge on any atom is -0.481 e. The second kappa shape index (κ2) is 16.0. The first kappa shape index (κ1) is 41.5. The molecule has 1 aliphatic heterocycles. The van der Waals surface area contributed by atoms with Crippen molar-refractivity contribution in [2.45, 2.75) is 97.8 Å². The number of hydrogen-bond donors (Lipinski definition) is 1. The minimum atomic E-state index is -1.35. The van der Waals surface area contributed by atoms with Crippen LogP contribution in [-0.4, -0.2) is 65.3 Å². The van der Waals surface area contributed by atoms with Crippen molar-refractivity contribution in [2.24, 2.45) is 7.05 Å². The first-order valence-corrected chi connectivity index (χ1v) is 17.7. The number of ether oxygens (including phenoxy) is 2. The SMILES string of the molecule is C#CCOc1cc(C)c(C[C@H](NC(=O)[C@H](CC)N(C)C(=O)OC(C)(C)C)C(=O)N2CC(C)(C)c3c2cc(Cc2cc(F)c(F)cc2F)c(=O)n3C)c(C)c1. The molecule has 0 aliphatic carbocycles. The van der Waals surface area contributed by atoms with Gasteiger partial charge in [-0.15, -0.1) is 6.42 Å². The molecule has 10 nitrogen and oxygen atoms in total. The largest absolute Gasteiger partial charge is 0.481 e. The standard InChI is InChI=1S/C41H49F3N4O6/c1-12-14-53-27-15-23(3)28(24(4)16-27)20-32(45-36(49)33(13-2)46(10)39(52)54-40(5,6)7)38(51)48-22-41(8,9)35-34(48)19-26(37(50)47(35)11)17-25-18-30(43)31(44)21-29(25)42/h1,15-16,18-19,21,32-33H,13-14,17,20,22H2,2-11H3,(H,45,49)/t32-,33-/m0/s1. The Balaban J connectivity index is 1.80. The fourth-order valence-corrected chi connectivity index (χ4v) is 7.01. The summed E-state index contributed by atoms with van der Waals surface area (Å²) in [6, 6.07) is 4.04. The van der Waals surface area contributed by atoms with Crippen LogP contribution in [0.1, 0.15) is 81.5 Å². The molecule has 0 bridgehead atoms. The number of fused-ring (bicyclic) bond motifs is 1. The van der Waals surface area contributed by atoms with Gasteiger partial charge in [0.2, 0.25) is 11.8 Å². The van der Waals surface area contributed by atoms with Gasteiger partial charge < -0.3 is 24.3 Å². The first-order valence-electron chi connectivity index (χ1n) is 17.7. The molecule has 2 aromatic carbocycles. The van der Waals surface area contributed by atoms with Crippen molar-refractivity contribution in [1.82, 2.24) is 14.8 Å². The van der Waals surface area contributed by atoms with Crippen LogP contribution >= 0.6 is 0 Å². The number of benzene rings is 2. The summed E-state index contributed by atoms with van der Waals surface area (Å²) in [6.07, 6.45) is 4.57. The maximum absolute atomic E-state index is 14.9. The molecule has 0 saturated carbocycles. The van der Waals surface area contributed by atoms with Gasteiger partial charge in [-0.3, -0.25) is 19.3 Å². The van der Waals surface area contributed by atoms with Crippen LogP contribution in [0, 0.1) is 43.6 Å². The quantitative estimate of drug-likeness (QED) is 0.190. The highest BCUT2D eigenvalue weighted by molar-refractivity contribution is 6.02. The second-order valence-electron chi connectivity index (χ2n) is 15.4. The summed E-state index contributed by atoms with van der Waals surface area (Å²) in [7, 11) is 3.00. The first-order chi connectivity index (χ1) is 25.1. The van der Waals surface area contributed by atoms with E-state index in [1.54, 1.807) is 39.8 Å². The molecule has 1 aromatic heterocycles. The highest BCUT2D eigenvalue weighted by Crippen LogP contribution is 2.41. The Kier molecular flexibility index (Phi) is 12.3. The van der Waals surface area contributed by atoms with Crippen LogP contribution in [0.4, 0.5) is 23.7 Å². The molecule has 2 atom stereocenters. The number of carbonyl (C=O) groups is 3. The van der Waals surface area contributed by atoms with Crippen LogP contribution in [-0.2, 0) is 39.6 Å². The Morgan fingerprint density at radius 1 is 1.02 bits per heavy atom. The highest BCUT2D eigenvalue weighted by atomic mass is 19.2. The van der Waals surface area contributed by atoms with E-state index in [-0.39, 0.29) is 43.5 Å². The predicted octanol–water partition coefficient (Wildman–Crippen LogP) is 6.02. The number of nitrogens with zero attached hydrogens (tertiary/aromatic N) is 3. The summed E-state index contributed by atoms with van der Waals surface area (Å²) in [5, 5.41) is 2.92. The molecule has 0 radical (unpaired) electrons. The molecule has 0 unspecified atom stereocenters. The molecule has 0 fully saturated rings. The molecule has 2 heterocycles. The summed E-state index contributed by atoms with van der Waals surface area (Å²) < 4.78 is 55.1. The van der Waals surface area contributed by atoms with E-state index in [0.29, 0.717) is 29.3 Å². The number of likely N-dealkylation sites (N-methyl/N-ethyl adjacent to an activating group) is 1. The Morgan fingerprint density at radius 2 is 1.63 bits per heavy atom. The Morgan fingerprint density at radius 3 is 2.20 bits per heavy atom. The normalized spacial score (nSPS) is 14.5. The molecule has 3 aromatic rings. The molecule has 54 heavy (non-hydrogen) atoms. The van der Waals surface area contributed by atoms with E-state index in [1.807, 2.05) is 27.7 Å². The van der Waals surface area contributed by atoms with Gasteiger partial charge in [0.1, 0.15) is 35.9 Å². The van der Waals surface area contributed by atoms with Crippen LogP contribution < -0.4 is 20.5 Å². The minimum absolute atomic E-state index is 0.0508. The zero-order chi connectivity index (χ0) is 40.4. The molecular weight excluding hydrogens is 701 g/mol. The predicted molar refractivity (Wildman–Crippen MR) is 200 cm³/mol. The Labute approximate surface area is 314 Å². The Hall–Kier alpha value is -5.25. The number of terminal acetylenes is 1. The zero-order valence-electron chi connectivity index (χ0n) is 32.6. The molecule has 290 valence electrons.